The molecule has 1 saturated carbocycles. The van der Waals surface area contributed by atoms with Gasteiger partial charge in [0.05, 0.1) is 6.54 Å². The van der Waals surface area contributed by atoms with Crippen molar-refractivity contribution in [1.29, 1.82) is 0 Å². The number of nitrogens with one attached hydrogen (secondary N) is 2. The monoisotopic (exact) mass is 228 g/mol. The van der Waals surface area contributed by atoms with Gasteiger partial charge in [-0.25, -0.2) is 4.79 Å². The number of carbonyl (C=O) groups is 2. The van der Waals surface area contributed by atoms with Crippen LogP contribution < -0.4 is 10.6 Å². The zero-order valence-electron chi connectivity index (χ0n) is 9.82. The van der Waals surface area contributed by atoms with E-state index in [0.717, 1.165) is 12.8 Å². The molecule has 0 aliphatic heterocycles. The highest BCUT2D eigenvalue weighted by molar-refractivity contribution is 5.84. The third kappa shape index (κ3) is 5.11. The fourth-order valence-electron chi connectivity index (χ4n) is 1.46. The first-order chi connectivity index (χ1) is 7.49. The Bertz CT molecular complexity index is 262. The smallest absolute Gasteiger partial charge is 0.326 e. The zero-order chi connectivity index (χ0) is 12.1. The van der Waals surface area contributed by atoms with Gasteiger partial charge in [-0.2, -0.15) is 0 Å². The molecule has 1 rings (SSSR count). The summed E-state index contributed by atoms with van der Waals surface area (Å²) >= 11 is 0. The van der Waals surface area contributed by atoms with E-state index in [-0.39, 0.29) is 18.4 Å². The second-order valence-electron chi connectivity index (χ2n) is 4.74. The van der Waals surface area contributed by atoms with Gasteiger partial charge in [-0.3, -0.25) is 4.79 Å². The molecule has 92 valence electrons. The quantitative estimate of drug-likeness (QED) is 0.587. The maximum atomic E-state index is 11.4. The molecule has 16 heavy (non-hydrogen) atoms. The number of aliphatic carboxylic acids is 1. The van der Waals surface area contributed by atoms with Gasteiger partial charge in [-0.05, 0) is 25.2 Å². The van der Waals surface area contributed by atoms with E-state index in [0.29, 0.717) is 12.5 Å². The molecule has 0 heterocycles. The molecule has 1 fully saturated rings. The van der Waals surface area contributed by atoms with Gasteiger partial charge in [0.15, 0.2) is 0 Å². The maximum absolute atomic E-state index is 11.4. The van der Waals surface area contributed by atoms with E-state index in [1.54, 1.807) is 0 Å². The van der Waals surface area contributed by atoms with Gasteiger partial charge in [-0.1, -0.05) is 13.8 Å². The Balaban J connectivity index is 2.28. The van der Waals surface area contributed by atoms with E-state index in [1.807, 2.05) is 13.8 Å². The molecule has 1 aliphatic carbocycles. The van der Waals surface area contributed by atoms with E-state index in [1.165, 1.54) is 0 Å². The van der Waals surface area contributed by atoms with Crippen LogP contribution in [0.3, 0.4) is 0 Å². The molecule has 1 amide bonds. The summed E-state index contributed by atoms with van der Waals surface area (Å²) < 4.78 is 0. The minimum Gasteiger partial charge on any atom is -0.480 e. The minimum absolute atomic E-state index is 0.215. The molecule has 0 aromatic carbocycles. The molecule has 0 saturated heterocycles. The van der Waals surface area contributed by atoms with Gasteiger partial charge in [0.2, 0.25) is 5.91 Å². The van der Waals surface area contributed by atoms with Gasteiger partial charge in [-0.15, -0.1) is 0 Å². The highest BCUT2D eigenvalue weighted by Crippen LogP contribution is 2.17. The van der Waals surface area contributed by atoms with Crippen LogP contribution in [0.2, 0.25) is 0 Å². The third-order valence-corrected chi connectivity index (χ3v) is 2.47. The number of carboxylic acid groups (broad SMARTS) is 1. The summed E-state index contributed by atoms with van der Waals surface area (Å²) in [5, 5.41) is 14.5. The Labute approximate surface area is 95.6 Å². The average molecular weight is 228 g/mol. The van der Waals surface area contributed by atoms with E-state index >= 15 is 0 Å². The van der Waals surface area contributed by atoms with Crippen molar-refractivity contribution >= 4 is 11.9 Å². The summed E-state index contributed by atoms with van der Waals surface area (Å²) in [7, 11) is 0. The van der Waals surface area contributed by atoms with Crippen molar-refractivity contribution in [2.24, 2.45) is 5.92 Å². The lowest BCUT2D eigenvalue weighted by Crippen LogP contribution is -2.45. The lowest BCUT2D eigenvalue weighted by atomic mass is 10.0. The molecular formula is C11H20N2O3. The van der Waals surface area contributed by atoms with Crippen molar-refractivity contribution in [2.45, 2.75) is 45.2 Å². The normalized spacial score (nSPS) is 17.2. The Kier molecular flexibility index (Phi) is 4.73. The van der Waals surface area contributed by atoms with Crippen LogP contribution in [0.5, 0.6) is 0 Å². The lowest BCUT2D eigenvalue weighted by Gasteiger charge is -2.16. The van der Waals surface area contributed by atoms with Gasteiger partial charge in [0.1, 0.15) is 6.04 Å². The topological polar surface area (TPSA) is 78.4 Å². The molecule has 0 radical (unpaired) electrons. The van der Waals surface area contributed by atoms with Gasteiger partial charge < -0.3 is 15.7 Å². The zero-order valence-corrected chi connectivity index (χ0v) is 9.82. The molecule has 0 bridgehead atoms. The fourth-order valence-corrected chi connectivity index (χ4v) is 1.46. The molecule has 0 aromatic rings. The number of rotatable bonds is 7. The first-order valence-electron chi connectivity index (χ1n) is 5.74. The molecule has 1 atom stereocenters. The minimum atomic E-state index is -0.964. The molecule has 1 unspecified atom stereocenters. The lowest BCUT2D eigenvalue weighted by molar-refractivity contribution is -0.142. The van der Waals surface area contributed by atoms with Crippen LogP contribution in [0.25, 0.3) is 0 Å². The van der Waals surface area contributed by atoms with E-state index in [9.17, 15) is 9.59 Å². The number of carboxylic acids is 1. The van der Waals surface area contributed by atoms with E-state index in [2.05, 4.69) is 10.6 Å². The Hall–Kier alpha value is -1.10. The Morgan fingerprint density at radius 3 is 2.44 bits per heavy atom. The molecular weight excluding hydrogens is 208 g/mol. The molecule has 1 aliphatic rings. The predicted octanol–water partition coefficient (Wildman–Crippen LogP) is 0.354. The van der Waals surface area contributed by atoms with Crippen LogP contribution in [-0.4, -0.2) is 35.6 Å². The second-order valence-corrected chi connectivity index (χ2v) is 4.74. The first-order valence-corrected chi connectivity index (χ1v) is 5.74. The molecule has 0 spiro atoms. The molecule has 5 nitrogen and oxygen atoms in total. The van der Waals surface area contributed by atoms with Crippen molar-refractivity contribution in [2.75, 3.05) is 6.54 Å². The van der Waals surface area contributed by atoms with Gasteiger partial charge >= 0.3 is 5.97 Å². The van der Waals surface area contributed by atoms with Crippen LogP contribution in [0.15, 0.2) is 0 Å². The largest absolute Gasteiger partial charge is 0.480 e. The predicted molar refractivity (Wildman–Crippen MR) is 60.0 cm³/mol. The number of hydrogen-bond donors (Lipinski definition) is 3. The Morgan fingerprint density at radius 2 is 2.00 bits per heavy atom. The molecule has 3 N–H and O–H groups in total. The number of carbonyl (C=O) groups excluding carboxylic acids is 1. The van der Waals surface area contributed by atoms with Crippen molar-refractivity contribution in [3.63, 3.8) is 0 Å². The van der Waals surface area contributed by atoms with Gasteiger partial charge in [0.25, 0.3) is 0 Å². The second kappa shape index (κ2) is 5.84. The summed E-state index contributed by atoms with van der Waals surface area (Å²) in [4.78, 5) is 22.3. The average Bonchev–Trinajstić information content (AvgIpc) is 2.96. The van der Waals surface area contributed by atoms with Crippen molar-refractivity contribution < 1.29 is 14.7 Å². The van der Waals surface area contributed by atoms with E-state index < -0.39 is 12.0 Å². The number of amides is 1. The van der Waals surface area contributed by atoms with Crippen molar-refractivity contribution in [1.82, 2.24) is 10.6 Å². The summed E-state index contributed by atoms with van der Waals surface area (Å²) in [5.74, 6) is -0.953. The summed E-state index contributed by atoms with van der Waals surface area (Å²) in [5.41, 5.74) is 0. The number of hydrogen-bond acceptors (Lipinski definition) is 3. The fraction of sp³-hybridized carbons (Fsp3) is 0.818. The van der Waals surface area contributed by atoms with Crippen LogP contribution in [0.4, 0.5) is 0 Å². The van der Waals surface area contributed by atoms with Crippen LogP contribution in [-0.2, 0) is 9.59 Å². The van der Waals surface area contributed by atoms with Crippen molar-refractivity contribution in [3.05, 3.63) is 0 Å². The van der Waals surface area contributed by atoms with Crippen LogP contribution in [0.1, 0.15) is 33.1 Å². The maximum Gasteiger partial charge on any atom is 0.326 e. The van der Waals surface area contributed by atoms with Crippen LogP contribution in [0, 0.1) is 5.92 Å². The molecule has 5 heteroatoms. The highest BCUT2D eigenvalue weighted by atomic mass is 16.4. The van der Waals surface area contributed by atoms with Gasteiger partial charge in [0, 0.05) is 6.04 Å². The molecule has 0 aromatic heterocycles. The summed E-state index contributed by atoms with van der Waals surface area (Å²) in [6.07, 6.45) is 2.69. The summed E-state index contributed by atoms with van der Waals surface area (Å²) in [6, 6.07) is -0.312. The third-order valence-electron chi connectivity index (χ3n) is 2.47. The van der Waals surface area contributed by atoms with Crippen LogP contribution >= 0.6 is 0 Å². The first kappa shape index (κ1) is 13.0. The highest BCUT2D eigenvalue weighted by Gasteiger charge is 2.24. The standard InChI is InChI=1S/C11H20N2O3/c1-7(2)5-9(11(15)16)13-10(14)6-12-8-3-4-8/h7-9,12H,3-6H2,1-2H3,(H,13,14)(H,15,16). The van der Waals surface area contributed by atoms with E-state index in [4.69, 9.17) is 5.11 Å². The summed E-state index contributed by atoms with van der Waals surface area (Å²) in [6.45, 7) is 4.08. The Morgan fingerprint density at radius 1 is 1.38 bits per heavy atom. The van der Waals surface area contributed by atoms with Crippen molar-refractivity contribution in [3.8, 4) is 0 Å². The SMILES string of the molecule is CC(C)CC(NC(=O)CNC1CC1)C(=O)O.